The maximum absolute atomic E-state index is 11.2. The molecule has 0 aromatic carbocycles. The van der Waals surface area contributed by atoms with Gasteiger partial charge >= 0.3 is 0 Å². The fourth-order valence-corrected chi connectivity index (χ4v) is 1.62. The first-order chi connectivity index (χ1) is 5.79. The average Bonchev–Trinajstić information content (AvgIpc) is 2.58. The van der Waals surface area contributed by atoms with Crippen LogP contribution in [0.2, 0.25) is 0 Å². The predicted molar refractivity (Wildman–Crippen MR) is 48.1 cm³/mol. The van der Waals surface area contributed by atoms with Crippen LogP contribution in [-0.2, 0) is 9.53 Å². The van der Waals surface area contributed by atoms with Crippen molar-refractivity contribution < 1.29 is 9.53 Å². The summed E-state index contributed by atoms with van der Waals surface area (Å²) in [7, 11) is 3.12. The number of thiophene rings is 1. The third-order valence-electron chi connectivity index (χ3n) is 1.57. The molecule has 66 valence electrons. The van der Waals surface area contributed by atoms with Gasteiger partial charge in [-0.3, -0.25) is 4.79 Å². The topological polar surface area (TPSA) is 38.3 Å². The Labute approximate surface area is 75.4 Å². The SMILES string of the molecule is CNC(=O)C(OC)c1ccsc1. The Balaban J connectivity index is 2.76. The second kappa shape index (κ2) is 4.23. The van der Waals surface area contributed by atoms with E-state index in [0.29, 0.717) is 0 Å². The molecule has 1 aromatic rings. The quantitative estimate of drug-likeness (QED) is 0.768. The maximum Gasteiger partial charge on any atom is 0.253 e. The molecule has 0 fully saturated rings. The number of hydrogen-bond donors (Lipinski definition) is 1. The number of carbonyl (C=O) groups is 1. The molecular weight excluding hydrogens is 174 g/mol. The Hall–Kier alpha value is -0.870. The smallest absolute Gasteiger partial charge is 0.253 e. The minimum absolute atomic E-state index is 0.115. The van der Waals surface area contributed by atoms with Gasteiger partial charge in [0.25, 0.3) is 5.91 Å². The first-order valence-corrected chi connectivity index (χ1v) is 4.50. The lowest BCUT2D eigenvalue weighted by Crippen LogP contribution is -2.26. The van der Waals surface area contributed by atoms with E-state index in [0.717, 1.165) is 5.56 Å². The van der Waals surface area contributed by atoms with Crippen LogP contribution in [0.1, 0.15) is 11.7 Å². The van der Waals surface area contributed by atoms with Gasteiger partial charge in [0.2, 0.25) is 0 Å². The molecule has 0 saturated carbocycles. The molecule has 4 heteroatoms. The Kier molecular flexibility index (Phi) is 3.25. The van der Waals surface area contributed by atoms with E-state index in [4.69, 9.17) is 4.74 Å². The molecule has 0 saturated heterocycles. The molecule has 1 heterocycles. The number of hydrogen-bond acceptors (Lipinski definition) is 3. The molecule has 1 rings (SSSR count). The molecule has 0 radical (unpaired) electrons. The van der Waals surface area contributed by atoms with Gasteiger partial charge in [0, 0.05) is 19.7 Å². The molecule has 1 atom stereocenters. The Bertz CT molecular complexity index is 246. The normalized spacial score (nSPS) is 12.5. The van der Waals surface area contributed by atoms with E-state index in [-0.39, 0.29) is 5.91 Å². The third-order valence-corrected chi connectivity index (χ3v) is 2.27. The van der Waals surface area contributed by atoms with Gasteiger partial charge in [0.1, 0.15) is 0 Å². The molecule has 0 spiro atoms. The molecule has 12 heavy (non-hydrogen) atoms. The number of ether oxygens (including phenoxy) is 1. The summed E-state index contributed by atoms with van der Waals surface area (Å²) in [6.45, 7) is 0. The van der Waals surface area contributed by atoms with Gasteiger partial charge in [-0.05, 0) is 16.8 Å². The number of nitrogens with one attached hydrogen (secondary N) is 1. The first-order valence-electron chi connectivity index (χ1n) is 3.56. The van der Waals surface area contributed by atoms with Gasteiger partial charge in [0.15, 0.2) is 6.10 Å². The van der Waals surface area contributed by atoms with Gasteiger partial charge in [0.05, 0.1) is 0 Å². The molecular formula is C8H11NO2S. The van der Waals surface area contributed by atoms with Gasteiger partial charge in [-0.25, -0.2) is 0 Å². The monoisotopic (exact) mass is 185 g/mol. The maximum atomic E-state index is 11.2. The zero-order valence-corrected chi connectivity index (χ0v) is 7.85. The van der Waals surface area contributed by atoms with Crippen LogP contribution < -0.4 is 5.32 Å². The highest BCUT2D eigenvalue weighted by atomic mass is 32.1. The summed E-state index contributed by atoms with van der Waals surface area (Å²) >= 11 is 1.55. The van der Waals surface area contributed by atoms with E-state index in [2.05, 4.69) is 5.32 Å². The highest BCUT2D eigenvalue weighted by Crippen LogP contribution is 2.19. The predicted octanol–water partition coefficient (Wildman–Crippen LogP) is 1.18. The largest absolute Gasteiger partial charge is 0.367 e. The minimum Gasteiger partial charge on any atom is -0.367 e. The van der Waals surface area contributed by atoms with Crippen LogP contribution in [0.25, 0.3) is 0 Å². The van der Waals surface area contributed by atoms with Gasteiger partial charge in [-0.2, -0.15) is 11.3 Å². The molecule has 0 aliphatic carbocycles. The van der Waals surface area contributed by atoms with Gasteiger partial charge in [-0.15, -0.1) is 0 Å². The Morgan fingerprint density at radius 3 is 2.92 bits per heavy atom. The Morgan fingerprint density at radius 1 is 1.75 bits per heavy atom. The molecule has 0 aliphatic rings. The zero-order valence-electron chi connectivity index (χ0n) is 7.03. The van der Waals surface area contributed by atoms with Crippen molar-refractivity contribution in [3.8, 4) is 0 Å². The van der Waals surface area contributed by atoms with Crippen LogP contribution in [-0.4, -0.2) is 20.1 Å². The summed E-state index contributed by atoms with van der Waals surface area (Å²) in [6.07, 6.45) is -0.471. The van der Waals surface area contributed by atoms with Crippen molar-refractivity contribution in [3.05, 3.63) is 22.4 Å². The molecule has 1 unspecified atom stereocenters. The van der Waals surface area contributed by atoms with Crippen molar-refractivity contribution in [1.82, 2.24) is 5.32 Å². The van der Waals surface area contributed by atoms with Crippen molar-refractivity contribution in [1.29, 1.82) is 0 Å². The number of methoxy groups -OCH3 is 1. The van der Waals surface area contributed by atoms with Crippen molar-refractivity contribution >= 4 is 17.2 Å². The first kappa shape index (κ1) is 9.22. The third kappa shape index (κ3) is 1.84. The van der Waals surface area contributed by atoms with Crippen LogP contribution in [0.3, 0.4) is 0 Å². The summed E-state index contributed by atoms with van der Waals surface area (Å²) in [5.41, 5.74) is 0.904. The van der Waals surface area contributed by atoms with E-state index in [9.17, 15) is 4.79 Å². The average molecular weight is 185 g/mol. The molecule has 1 amide bonds. The second-order valence-corrected chi connectivity index (χ2v) is 3.07. The van der Waals surface area contributed by atoms with Crippen LogP contribution in [0.5, 0.6) is 0 Å². The van der Waals surface area contributed by atoms with E-state index < -0.39 is 6.10 Å². The van der Waals surface area contributed by atoms with Crippen LogP contribution >= 0.6 is 11.3 Å². The van der Waals surface area contributed by atoms with Crippen molar-refractivity contribution in [2.75, 3.05) is 14.2 Å². The zero-order chi connectivity index (χ0) is 8.97. The number of rotatable bonds is 3. The lowest BCUT2D eigenvalue weighted by atomic mass is 10.2. The highest BCUT2D eigenvalue weighted by molar-refractivity contribution is 7.08. The highest BCUT2D eigenvalue weighted by Gasteiger charge is 2.18. The van der Waals surface area contributed by atoms with Crippen LogP contribution in [0.4, 0.5) is 0 Å². The summed E-state index contributed by atoms with van der Waals surface area (Å²) in [5.74, 6) is -0.115. The summed E-state index contributed by atoms with van der Waals surface area (Å²) < 4.78 is 5.04. The number of carbonyl (C=O) groups excluding carboxylic acids is 1. The van der Waals surface area contributed by atoms with E-state index in [1.807, 2.05) is 16.8 Å². The van der Waals surface area contributed by atoms with Gasteiger partial charge < -0.3 is 10.1 Å². The van der Waals surface area contributed by atoms with Gasteiger partial charge in [-0.1, -0.05) is 0 Å². The Morgan fingerprint density at radius 2 is 2.50 bits per heavy atom. The van der Waals surface area contributed by atoms with E-state index >= 15 is 0 Å². The molecule has 0 bridgehead atoms. The molecule has 0 aliphatic heterocycles. The lowest BCUT2D eigenvalue weighted by Gasteiger charge is -2.11. The summed E-state index contributed by atoms with van der Waals surface area (Å²) in [5, 5.41) is 6.37. The lowest BCUT2D eigenvalue weighted by molar-refractivity contribution is -0.130. The van der Waals surface area contributed by atoms with Crippen molar-refractivity contribution in [2.45, 2.75) is 6.10 Å². The number of likely N-dealkylation sites (N-methyl/N-ethyl adjacent to an activating group) is 1. The van der Waals surface area contributed by atoms with Crippen molar-refractivity contribution in [2.24, 2.45) is 0 Å². The number of amides is 1. The van der Waals surface area contributed by atoms with Crippen LogP contribution in [0, 0.1) is 0 Å². The summed E-state index contributed by atoms with van der Waals surface area (Å²) in [6, 6.07) is 1.88. The molecule has 1 aromatic heterocycles. The standard InChI is InChI=1S/C8H11NO2S/c1-9-8(10)7(11-2)6-3-4-12-5-6/h3-5,7H,1-2H3,(H,9,10). The van der Waals surface area contributed by atoms with Crippen LogP contribution in [0.15, 0.2) is 16.8 Å². The van der Waals surface area contributed by atoms with E-state index in [1.165, 1.54) is 7.11 Å². The minimum atomic E-state index is -0.471. The molecule has 3 nitrogen and oxygen atoms in total. The fraction of sp³-hybridized carbons (Fsp3) is 0.375. The summed E-state index contributed by atoms with van der Waals surface area (Å²) in [4.78, 5) is 11.2. The molecule has 1 N–H and O–H groups in total. The van der Waals surface area contributed by atoms with Crippen molar-refractivity contribution in [3.63, 3.8) is 0 Å². The fourth-order valence-electron chi connectivity index (χ4n) is 0.950. The second-order valence-electron chi connectivity index (χ2n) is 2.29. The van der Waals surface area contributed by atoms with E-state index in [1.54, 1.807) is 18.4 Å².